The van der Waals surface area contributed by atoms with Gasteiger partial charge < -0.3 is 9.47 Å². The molecule has 1 aliphatic heterocycles. The molecule has 0 N–H and O–H groups in total. The van der Waals surface area contributed by atoms with E-state index in [1.54, 1.807) is 11.8 Å². The highest BCUT2D eigenvalue weighted by molar-refractivity contribution is 8.18. The Morgan fingerprint density at radius 3 is 2.29 bits per heavy atom. The minimum Gasteiger partial charge on any atom is -0.378 e. The van der Waals surface area contributed by atoms with E-state index in [9.17, 15) is 4.79 Å². The van der Waals surface area contributed by atoms with Crippen molar-refractivity contribution in [2.24, 2.45) is 4.99 Å². The molecule has 1 aromatic heterocycles. The first-order valence-electron chi connectivity index (χ1n) is 12.9. The van der Waals surface area contributed by atoms with Gasteiger partial charge in [-0.05, 0) is 79.9 Å². The Hall–Kier alpha value is -2.47. The Balaban J connectivity index is 1.44. The Morgan fingerprint density at radius 2 is 1.62 bits per heavy atom. The number of hydrogen-bond acceptors (Lipinski definition) is 4. The number of thioether (sulfide) groups is 1. The van der Waals surface area contributed by atoms with E-state index >= 15 is 0 Å². The predicted molar refractivity (Wildman–Crippen MR) is 144 cm³/mol. The van der Waals surface area contributed by atoms with E-state index < -0.39 is 0 Å². The molecule has 0 radical (unpaired) electrons. The molecule has 2 saturated carbocycles. The second kappa shape index (κ2) is 10.4. The molecule has 1 amide bonds. The molecule has 0 atom stereocenters. The van der Waals surface area contributed by atoms with E-state index in [0.717, 1.165) is 47.1 Å². The monoisotopic (exact) mass is 476 g/mol. The molecule has 34 heavy (non-hydrogen) atoms. The van der Waals surface area contributed by atoms with Crippen LogP contribution in [0.3, 0.4) is 0 Å². The molecular formula is C28H36N4OS. The van der Waals surface area contributed by atoms with Crippen LogP contribution in [0.2, 0.25) is 0 Å². The fraction of sp³-hybridized carbons (Fsp3) is 0.500. The van der Waals surface area contributed by atoms with Gasteiger partial charge in [0.25, 0.3) is 5.91 Å². The van der Waals surface area contributed by atoms with Crippen LogP contribution >= 0.6 is 11.8 Å². The zero-order valence-electron chi connectivity index (χ0n) is 20.4. The van der Waals surface area contributed by atoms with Gasteiger partial charge in [-0.1, -0.05) is 38.5 Å². The second-order valence-corrected chi connectivity index (χ2v) is 11.0. The molecule has 3 fully saturated rings. The number of aliphatic imine (C=N–C) groups is 1. The molecule has 2 aliphatic carbocycles. The third-order valence-electron chi connectivity index (χ3n) is 7.35. The lowest BCUT2D eigenvalue weighted by molar-refractivity contribution is -0.124. The molecule has 6 heteroatoms. The van der Waals surface area contributed by atoms with Gasteiger partial charge in [0, 0.05) is 43.4 Å². The van der Waals surface area contributed by atoms with Crippen molar-refractivity contribution in [1.29, 1.82) is 0 Å². The SMILES string of the molecule is CN(C)c1ccc(-n2cccc2C=C2SC(=NC3CCCCC3)N(C3CCCCC3)C2=O)cc1. The van der Waals surface area contributed by atoms with Crippen LogP contribution in [0.4, 0.5) is 5.69 Å². The summed E-state index contributed by atoms with van der Waals surface area (Å²) >= 11 is 1.59. The number of anilines is 1. The smallest absolute Gasteiger partial charge is 0.267 e. The zero-order chi connectivity index (χ0) is 23.5. The number of aromatic nitrogens is 1. The molecule has 2 heterocycles. The van der Waals surface area contributed by atoms with Crippen molar-refractivity contribution in [3.63, 3.8) is 0 Å². The van der Waals surface area contributed by atoms with E-state index in [1.165, 1.54) is 44.2 Å². The van der Waals surface area contributed by atoms with Crippen LogP contribution in [0.25, 0.3) is 11.8 Å². The Kier molecular flexibility index (Phi) is 7.14. The summed E-state index contributed by atoms with van der Waals surface area (Å²) in [6.07, 6.45) is 16.2. The average molecular weight is 477 g/mol. The van der Waals surface area contributed by atoms with Crippen molar-refractivity contribution in [2.75, 3.05) is 19.0 Å². The molecule has 1 saturated heterocycles. The van der Waals surface area contributed by atoms with Crippen LogP contribution in [0.5, 0.6) is 0 Å². The highest BCUT2D eigenvalue weighted by Crippen LogP contribution is 2.38. The maximum atomic E-state index is 13.7. The van der Waals surface area contributed by atoms with Crippen LogP contribution in [0.15, 0.2) is 52.5 Å². The predicted octanol–water partition coefficient (Wildman–Crippen LogP) is 6.48. The Morgan fingerprint density at radius 1 is 0.941 bits per heavy atom. The average Bonchev–Trinajstić information content (AvgIpc) is 3.45. The number of amidine groups is 1. The summed E-state index contributed by atoms with van der Waals surface area (Å²) in [5.74, 6) is 0.141. The van der Waals surface area contributed by atoms with Gasteiger partial charge in [-0.25, -0.2) is 0 Å². The summed E-state index contributed by atoms with van der Waals surface area (Å²) < 4.78 is 2.15. The normalized spacial score (nSPS) is 22.8. The molecular weight excluding hydrogens is 440 g/mol. The standard InChI is InChI=1S/C28H36N4OS/c1-30(2)22-15-17-23(18-16-22)31-19-9-14-25(31)20-26-27(33)32(24-12-7-4-8-13-24)28(34-26)29-21-10-5-3-6-11-21/h9,14-21,24H,3-8,10-13H2,1-2H3. The van der Waals surface area contributed by atoms with E-state index in [4.69, 9.17) is 4.99 Å². The third kappa shape index (κ3) is 4.97. The number of amides is 1. The van der Waals surface area contributed by atoms with Gasteiger partial charge in [0.15, 0.2) is 5.17 Å². The van der Waals surface area contributed by atoms with E-state index in [1.807, 2.05) is 20.2 Å². The number of nitrogens with zero attached hydrogens (tertiary/aromatic N) is 4. The summed E-state index contributed by atoms with van der Waals surface area (Å²) in [4.78, 5) is 23.8. The Bertz CT molecular complexity index is 1060. The highest BCUT2D eigenvalue weighted by Gasteiger charge is 2.39. The van der Waals surface area contributed by atoms with Crippen molar-refractivity contribution in [3.8, 4) is 5.69 Å². The summed E-state index contributed by atoms with van der Waals surface area (Å²) in [5.41, 5.74) is 3.29. The van der Waals surface area contributed by atoms with Gasteiger partial charge in [0.2, 0.25) is 0 Å². The van der Waals surface area contributed by atoms with Gasteiger partial charge in [0.1, 0.15) is 0 Å². The van der Waals surface area contributed by atoms with Crippen molar-refractivity contribution in [1.82, 2.24) is 9.47 Å². The molecule has 3 aliphatic rings. The minimum atomic E-state index is 0.141. The quantitative estimate of drug-likeness (QED) is 0.464. The van der Waals surface area contributed by atoms with Gasteiger partial charge in [-0.3, -0.25) is 14.7 Å². The number of rotatable bonds is 5. The van der Waals surface area contributed by atoms with Crippen molar-refractivity contribution in [2.45, 2.75) is 76.3 Å². The van der Waals surface area contributed by atoms with Crippen molar-refractivity contribution >= 4 is 34.6 Å². The van der Waals surface area contributed by atoms with E-state index in [0.29, 0.717) is 12.1 Å². The highest BCUT2D eigenvalue weighted by atomic mass is 32.2. The first kappa shape index (κ1) is 23.3. The maximum Gasteiger partial charge on any atom is 0.267 e. The van der Waals surface area contributed by atoms with Gasteiger partial charge in [-0.15, -0.1) is 0 Å². The Labute approximate surface area is 207 Å². The number of carbonyl (C=O) groups is 1. The lowest BCUT2D eigenvalue weighted by Gasteiger charge is -2.31. The molecule has 0 bridgehead atoms. The molecule has 5 rings (SSSR count). The number of hydrogen-bond donors (Lipinski definition) is 0. The molecule has 2 aromatic rings. The second-order valence-electron chi connectivity index (χ2n) is 10.00. The number of benzene rings is 1. The van der Waals surface area contributed by atoms with Crippen LogP contribution in [0.1, 0.15) is 69.9 Å². The lowest BCUT2D eigenvalue weighted by atomic mass is 9.94. The topological polar surface area (TPSA) is 40.8 Å². The summed E-state index contributed by atoms with van der Waals surface area (Å²) in [7, 11) is 4.10. The zero-order valence-corrected chi connectivity index (χ0v) is 21.3. The van der Waals surface area contributed by atoms with Crippen LogP contribution < -0.4 is 4.90 Å². The molecule has 180 valence electrons. The molecule has 1 aromatic carbocycles. The molecule has 5 nitrogen and oxygen atoms in total. The third-order valence-corrected chi connectivity index (χ3v) is 8.35. The summed E-state index contributed by atoms with van der Waals surface area (Å²) in [6.45, 7) is 0. The fourth-order valence-electron chi connectivity index (χ4n) is 5.40. The van der Waals surface area contributed by atoms with Crippen LogP contribution in [-0.2, 0) is 4.79 Å². The number of carbonyl (C=O) groups excluding carboxylic acids is 1. The van der Waals surface area contributed by atoms with Gasteiger partial charge in [0.05, 0.1) is 10.9 Å². The summed E-state index contributed by atoms with van der Waals surface area (Å²) in [6, 6.07) is 13.3. The van der Waals surface area contributed by atoms with Gasteiger partial charge in [-0.2, -0.15) is 0 Å². The summed E-state index contributed by atoms with van der Waals surface area (Å²) in [5, 5.41) is 0.948. The van der Waals surface area contributed by atoms with Gasteiger partial charge >= 0.3 is 0 Å². The van der Waals surface area contributed by atoms with Crippen molar-refractivity contribution < 1.29 is 4.79 Å². The molecule has 0 unspecified atom stereocenters. The van der Waals surface area contributed by atoms with E-state index in [-0.39, 0.29) is 5.91 Å². The van der Waals surface area contributed by atoms with Crippen molar-refractivity contribution in [3.05, 3.63) is 53.2 Å². The fourth-order valence-corrected chi connectivity index (χ4v) is 6.49. The maximum absolute atomic E-state index is 13.7. The van der Waals surface area contributed by atoms with Crippen LogP contribution in [0, 0.1) is 0 Å². The first-order chi connectivity index (χ1) is 16.6. The van der Waals surface area contributed by atoms with E-state index in [2.05, 4.69) is 57.0 Å². The minimum absolute atomic E-state index is 0.141. The van der Waals surface area contributed by atoms with Crippen LogP contribution in [-0.4, -0.2) is 46.7 Å². The lowest BCUT2D eigenvalue weighted by Crippen LogP contribution is -2.41. The first-order valence-corrected chi connectivity index (χ1v) is 13.7. The molecule has 0 spiro atoms. The largest absolute Gasteiger partial charge is 0.378 e.